The Bertz CT molecular complexity index is 494. The molecule has 2 rings (SSSR count). The third kappa shape index (κ3) is 3.29. The molecule has 1 aromatic carbocycles. The summed E-state index contributed by atoms with van der Waals surface area (Å²) in [5.41, 5.74) is 9.01. The van der Waals surface area contributed by atoms with Gasteiger partial charge in [-0.05, 0) is 30.2 Å². The number of nitrogens with two attached hydrogens (primary N) is 1. The highest BCUT2D eigenvalue weighted by molar-refractivity contribution is 5.36. The van der Waals surface area contributed by atoms with Gasteiger partial charge in [0.1, 0.15) is 5.82 Å². The van der Waals surface area contributed by atoms with Gasteiger partial charge in [-0.25, -0.2) is 4.98 Å². The van der Waals surface area contributed by atoms with Gasteiger partial charge in [-0.3, -0.25) is 0 Å². The summed E-state index contributed by atoms with van der Waals surface area (Å²) < 4.78 is 0. The van der Waals surface area contributed by atoms with Crippen LogP contribution in [0.4, 0.5) is 5.82 Å². The van der Waals surface area contributed by atoms with Crippen molar-refractivity contribution in [3.05, 3.63) is 59.3 Å². The summed E-state index contributed by atoms with van der Waals surface area (Å²) in [5, 5.41) is 3.30. The molecular weight excluding hydrogens is 210 g/mol. The number of anilines is 1. The molecule has 3 nitrogen and oxygen atoms in total. The topological polar surface area (TPSA) is 50.9 Å². The number of nitrogens with one attached hydrogen (secondary N) is 1. The van der Waals surface area contributed by atoms with E-state index in [-0.39, 0.29) is 0 Å². The zero-order valence-electron chi connectivity index (χ0n) is 9.98. The van der Waals surface area contributed by atoms with Crippen LogP contribution in [0.1, 0.15) is 16.8 Å². The van der Waals surface area contributed by atoms with Crippen molar-refractivity contribution in [3.8, 4) is 0 Å². The normalized spacial score (nSPS) is 10.2. The number of aryl methyl sites for hydroxylation is 1. The number of benzene rings is 1. The van der Waals surface area contributed by atoms with Crippen LogP contribution in [0.15, 0.2) is 42.5 Å². The number of pyridine rings is 1. The minimum atomic E-state index is 0.580. The van der Waals surface area contributed by atoms with Crippen LogP contribution in [-0.2, 0) is 13.1 Å². The molecule has 0 amide bonds. The van der Waals surface area contributed by atoms with E-state index in [1.165, 1.54) is 5.56 Å². The second-order valence-corrected chi connectivity index (χ2v) is 4.04. The molecule has 0 fully saturated rings. The van der Waals surface area contributed by atoms with E-state index in [9.17, 15) is 0 Å². The number of hydrogen-bond acceptors (Lipinski definition) is 3. The number of hydrogen-bond donors (Lipinski definition) is 2. The number of aromatic nitrogens is 1. The standard InChI is InChI=1S/C14H17N3/c1-11-4-2-7-14(17-11)16-10-13-6-3-5-12(8-13)9-15/h2-8H,9-10,15H2,1H3,(H,16,17). The minimum Gasteiger partial charge on any atom is -0.366 e. The van der Waals surface area contributed by atoms with Crippen LogP contribution in [0.3, 0.4) is 0 Å². The maximum Gasteiger partial charge on any atom is 0.126 e. The molecule has 0 aliphatic heterocycles. The smallest absolute Gasteiger partial charge is 0.126 e. The molecule has 0 radical (unpaired) electrons. The van der Waals surface area contributed by atoms with Crippen LogP contribution < -0.4 is 11.1 Å². The Kier molecular flexibility index (Phi) is 3.73. The largest absolute Gasteiger partial charge is 0.366 e. The minimum absolute atomic E-state index is 0.580. The van der Waals surface area contributed by atoms with Gasteiger partial charge in [0.2, 0.25) is 0 Å². The van der Waals surface area contributed by atoms with Crippen LogP contribution in [0, 0.1) is 6.92 Å². The molecule has 1 heterocycles. The highest BCUT2D eigenvalue weighted by Crippen LogP contribution is 2.09. The van der Waals surface area contributed by atoms with Crippen molar-refractivity contribution >= 4 is 5.82 Å². The molecule has 0 saturated heterocycles. The lowest BCUT2D eigenvalue weighted by Crippen LogP contribution is -2.03. The van der Waals surface area contributed by atoms with E-state index in [0.29, 0.717) is 6.54 Å². The molecule has 3 N–H and O–H groups in total. The van der Waals surface area contributed by atoms with Crippen LogP contribution in [0.25, 0.3) is 0 Å². The third-order valence-corrected chi connectivity index (χ3v) is 2.59. The average Bonchev–Trinajstić information content (AvgIpc) is 2.37. The Labute approximate surface area is 102 Å². The molecule has 2 aromatic rings. The first kappa shape index (κ1) is 11.6. The molecule has 0 saturated carbocycles. The second kappa shape index (κ2) is 5.46. The van der Waals surface area contributed by atoms with Crippen molar-refractivity contribution in [3.63, 3.8) is 0 Å². The molecule has 1 aromatic heterocycles. The fraction of sp³-hybridized carbons (Fsp3) is 0.214. The van der Waals surface area contributed by atoms with E-state index in [4.69, 9.17) is 5.73 Å². The zero-order valence-corrected chi connectivity index (χ0v) is 9.98. The molecule has 0 unspecified atom stereocenters. The summed E-state index contributed by atoms with van der Waals surface area (Å²) >= 11 is 0. The number of nitrogens with zero attached hydrogens (tertiary/aromatic N) is 1. The highest BCUT2D eigenvalue weighted by atomic mass is 15.0. The van der Waals surface area contributed by atoms with Gasteiger partial charge < -0.3 is 11.1 Å². The number of rotatable bonds is 4. The molecule has 0 spiro atoms. The Morgan fingerprint density at radius 2 is 1.88 bits per heavy atom. The van der Waals surface area contributed by atoms with E-state index in [1.807, 2.05) is 37.3 Å². The fourth-order valence-corrected chi connectivity index (χ4v) is 1.70. The van der Waals surface area contributed by atoms with Crippen LogP contribution in [-0.4, -0.2) is 4.98 Å². The van der Waals surface area contributed by atoms with Crippen molar-refractivity contribution in [2.24, 2.45) is 5.73 Å². The maximum absolute atomic E-state index is 5.61. The molecule has 0 atom stereocenters. The van der Waals surface area contributed by atoms with Crippen molar-refractivity contribution in [1.82, 2.24) is 4.98 Å². The molecule has 17 heavy (non-hydrogen) atoms. The zero-order chi connectivity index (χ0) is 12.1. The maximum atomic E-state index is 5.61. The average molecular weight is 227 g/mol. The quantitative estimate of drug-likeness (QED) is 0.843. The van der Waals surface area contributed by atoms with Gasteiger partial charge in [-0.1, -0.05) is 30.3 Å². The van der Waals surface area contributed by atoms with Gasteiger partial charge in [-0.2, -0.15) is 0 Å². The van der Waals surface area contributed by atoms with Gasteiger partial charge in [0.25, 0.3) is 0 Å². The molecule has 88 valence electrons. The Morgan fingerprint density at radius 3 is 2.65 bits per heavy atom. The van der Waals surface area contributed by atoms with Crippen molar-refractivity contribution in [2.75, 3.05) is 5.32 Å². The van der Waals surface area contributed by atoms with Crippen molar-refractivity contribution in [2.45, 2.75) is 20.0 Å². The first-order valence-corrected chi connectivity index (χ1v) is 5.73. The fourth-order valence-electron chi connectivity index (χ4n) is 1.70. The van der Waals surface area contributed by atoms with E-state index >= 15 is 0 Å². The predicted octanol–water partition coefficient (Wildman–Crippen LogP) is 2.46. The predicted molar refractivity (Wildman–Crippen MR) is 70.6 cm³/mol. The lowest BCUT2D eigenvalue weighted by molar-refractivity contribution is 1.04. The lowest BCUT2D eigenvalue weighted by Gasteiger charge is -2.07. The van der Waals surface area contributed by atoms with E-state index in [2.05, 4.69) is 22.4 Å². The monoisotopic (exact) mass is 227 g/mol. The Morgan fingerprint density at radius 1 is 1.12 bits per heavy atom. The van der Waals surface area contributed by atoms with Gasteiger partial charge in [-0.15, -0.1) is 0 Å². The molecular formula is C14H17N3. The summed E-state index contributed by atoms with van der Waals surface area (Å²) in [5.74, 6) is 0.906. The summed E-state index contributed by atoms with van der Waals surface area (Å²) in [6, 6.07) is 14.2. The van der Waals surface area contributed by atoms with Gasteiger partial charge in [0, 0.05) is 18.8 Å². The summed E-state index contributed by atoms with van der Waals surface area (Å²) in [6.45, 7) is 3.33. The Hall–Kier alpha value is -1.87. The van der Waals surface area contributed by atoms with Crippen molar-refractivity contribution in [1.29, 1.82) is 0 Å². The molecule has 3 heteroatoms. The first-order valence-electron chi connectivity index (χ1n) is 5.73. The van der Waals surface area contributed by atoms with E-state index < -0.39 is 0 Å². The van der Waals surface area contributed by atoms with Gasteiger partial charge in [0.05, 0.1) is 0 Å². The van der Waals surface area contributed by atoms with Gasteiger partial charge >= 0.3 is 0 Å². The summed E-state index contributed by atoms with van der Waals surface area (Å²) in [6.07, 6.45) is 0. The van der Waals surface area contributed by atoms with Crippen molar-refractivity contribution < 1.29 is 0 Å². The van der Waals surface area contributed by atoms with Gasteiger partial charge in [0.15, 0.2) is 0 Å². The summed E-state index contributed by atoms with van der Waals surface area (Å²) in [4.78, 5) is 4.40. The molecule has 0 aliphatic rings. The highest BCUT2D eigenvalue weighted by Gasteiger charge is 1.96. The molecule has 0 bridgehead atoms. The SMILES string of the molecule is Cc1cccc(NCc2cccc(CN)c2)n1. The van der Waals surface area contributed by atoms with E-state index in [1.54, 1.807) is 0 Å². The van der Waals surface area contributed by atoms with Crippen LogP contribution in [0.5, 0.6) is 0 Å². The lowest BCUT2D eigenvalue weighted by atomic mass is 10.1. The molecule has 0 aliphatic carbocycles. The Balaban J connectivity index is 2.02. The third-order valence-electron chi connectivity index (χ3n) is 2.59. The first-order chi connectivity index (χ1) is 8.28. The summed E-state index contributed by atoms with van der Waals surface area (Å²) in [7, 11) is 0. The second-order valence-electron chi connectivity index (χ2n) is 4.04. The van der Waals surface area contributed by atoms with Crippen LogP contribution in [0.2, 0.25) is 0 Å². The van der Waals surface area contributed by atoms with E-state index in [0.717, 1.165) is 23.6 Å². The van der Waals surface area contributed by atoms with Crippen LogP contribution >= 0.6 is 0 Å².